The van der Waals surface area contributed by atoms with Crippen LogP contribution < -0.4 is 10.2 Å². The minimum Gasteiger partial charge on any atom is -0.359 e. The second-order valence-electron chi connectivity index (χ2n) is 14.8. The molecule has 10 aromatic rings. The van der Waals surface area contributed by atoms with Crippen molar-refractivity contribution in [2.75, 3.05) is 10.2 Å². The zero-order chi connectivity index (χ0) is 37.5. The van der Waals surface area contributed by atoms with Gasteiger partial charge in [0.15, 0.2) is 5.82 Å². The molecule has 5 heteroatoms. The minimum absolute atomic E-state index is 0.0440. The van der Waals surface area contributed by atoms with E-state index in [1.165, 1.54) is 32.3 Å². The molecule has 12 rings (SSSR count). The van der Waals surface area contributed by atoms with Gasteiger partial charge in [-0.05, 0) is 79.5 Å². The molecular weight excluding hydrogens is 695 g/mol. The van der Waals surface area contributed by atoms with Crippen LogP contribution in [-0.2, 0) is 0 Å². The van der Waals surface area contributed by atoms with Crippen molar-refractivity contribution in [2.24, 2.45) is 0 Å². The quantitative estimate of drug-likeness (QED) is 0.183. The Bertz CT molecular complexity index is 3210. The van der Waals surface area contributed by atoms with Crippen molar-refractivity contribution < 1.29 is 0 Å². The second kappa shape index (κ2) is 12.4. The van der Waals surface area contributed by atoms with Gasteiger partial charge >= 0.3 is 0 Å². The largest absolute Gasteiger partial charge is 0.359 e. The predicted octanol–water partition coefficient (Wildman–Crippen LogP) is 12.9. The molecule has 0 saturated carbocycles. The summed E-state index contributed by atoms with van der Waals surface area (Å²) in [4.78, 5) is 18.3. The summed E-state index contributed by atoms with van der Waals surface area (Å²) < 4.78 is 0. The molecule has 0 amide bonds. The fraction of sp³-hybridized carbons (Fsp3) is 0.0192. The van der Waals surface area contributed by atoms with E-state index in [-0.39, 0.29) is 6.17 Å². The van der Waals surface area contributed by atoms with Crippen LogP contribution in [0.1, 0.15) is 0 Å². The Morgan fingerprint density at radius 3 is 1.61 bits per heavy atom. The highest BCUT2D eigenvalue weighted by molar-refractivity contribution is 6.15. The van der Waals surface area contributed by atoms with E-state index < -0.39 is 0 Å². The molecule has 8 aromatic carbocycles. The van der Waals surface area contributed by atoms with E-state index in [1.807, 2.05) is 0 Å². The van der Waals surface area contributed by atoms with Crippen molar-refractivity contribution in [3.05, 3.63) is 188 Å². The maximum atomic E-state index is 5.39. The van der Waals surface area contributed by atoms with Crippen LogP contribution in [0.15, 0.2) is 188 Å². The van der Waals surface area contributed by atoms with E-state index >= 15 is 0 Å². The molecular formula is C52H33N5. The first-order chi connectivity index (χ1) is 28.2. The van der Waals surface area contributed by atoms with E-state index in [1.54, 1.807) is 0 Å². The van der Waals surface area contributed by atoms with Crippen molar-refractivity contribution in [1.82, 2.24) is 15.0 Å². The number of aromatic nitrogens is 3. The van der Waals surface area contributed by atoms with E-state index in [9.17, 15) is 0 Å². The van der Waals surface area contributed by atoms with Crippen LogP contribution in [0.3, 0.4) is 0 Å². The maximum absolute atomic E-state index is 5.39. The highest BCUT2D eigenvalue weighted by Gasteiger charge is 2.32. The highest BCUT2D eigenvalue weighted by Crippen LogP contribution is 2.47. The van der Waals surface area contributed by atoms with Gasteiger partial charge < -0.3 is 10.2 Å². The normalized spacial score (nSPS) is 14.5. The summed E-state index contributed by atoms with van der Waals surface area (Å²) in [7, 11) is 0. The molecule has 0 bridgehead atoms. The molecule has 4 heterocycles. The molecule has 2 aromatic heterocycles. The number of fused-ring (bicyclic) bond motifs is 11. The maximum Gasteiger partial charge on any atom is 0.160 e. The number of pyridine rings is 1. The molecule has 1 atom stereocenters. The van der Waals surface area contributed by atoms with Crippen LogP contribution in [0.25, 0.3) is 99.2 Å². The molecule has 0 radical (unpaired) electrons. The minimum atomic E-state index is 0.0440. The SMILES string of the molecule is C1=CC2Nc3c(c(-c4ccc(-c5nc(-c6cc7ccccc7c7ccccc67)cc(-c6cc7ccccc7c7ccccc67)n5)cc4)nc4ccccc34)N2C=C1. The summed E-state index contributed by atoms with van der Waals surface area (Å²) in [6.45, 7) is 0. The van der Waals surface area contributed by atoms with Crippen molar-refractivity contribution >= 4 is 65.4 Å². The fourth-order valence-corrected chi connectivity index (χ4v) is 8.94. The summed E-state index contributed by atoms with van der Waals surface area (Å²) in [6.07, 6.45) is 8.53. The number of nitrogens with one attached hydrogen (secondary N) is 1. The van der Waals surface area contributed by atoms with E-state index in [0.29, 0.717) is 5.82 Å². The molecule has 0 saturated heterocycles. The van der Waals surface area contributed by atoms with Crippen molar-refractivity contribution in [2.45, 2.75) is 6.17 Å². The van der Waals surface area contributed by atoms with Crippen molar-refractivity contribution in [1.29, 1.82) is 0 Å². The Balaban J connectivity index is 1.07. The smallest absolute Gasteiger partial charge is 0.160 e. The van der Waals surface area contributed by atoms with Gasteiger partial charge in [0.25, 0.3) is 0 Å². The lowest BCUT2D eigenvalue weighted by Crippen LogP contribution is -2.30. The van der Waals surface area contributed by atoms with Gasteiger partial charge in [0, 0.05) is 33.8 Å². The zero-order valence-electron chi connectivity index (χ0n) is 30.8. The van der Waals surface area contributed by atoms with Gasteiger partial charge in [-0.2, -0.15) is 0 Å². The first-order valence-corrected chi connectivity index (χ1v) is 19.4. The predicted molar refractivity (Wildman–Crippen MR) is 237 cm³/mol. The van der Waals surface area contributed by atoms with Gasteiger partial charge in [-0.25, -0.2) is 15.0 Å². The third-order valence-electron chi connectivity index (χ3n) is 11.6. The number of nitrogens with zero attached hydrogens (tertiary/aromatic N) is 4. The molecule has 0 fully saturated rings. The summed E-state index contributed by atoms with van der Waals surface area (Å²) in [5.41, 5.74) is 9.98. The van der Waals surface area contributed by atoms with Crippen LogP contribution in [0.2, 0.25) is 0 Å². The van der Waals surface area contributed by atoms with Gasteiger partial charge in [0.1, 0.15) is 6.17 Å². The second-order valence-corrected chi connectivity index (χ2v) is 14.8. The van der Waals surface area contributed by atoms with E-state index in [4.69, 9.17) is 15.0 Å². The van der Waals surface area contributed by atoms with Crippen molar-refractivity contribution in [3.8, 4) is 45.2 Å². The summed E-state index contributed by atoms with van der Waals surface area (Å²) in [5, 5.41) is 14.4. The standard InChI is InChI=1S/C52H33N5/c1-3-15-36-34(13-1)29-43(40-19-7-5-17-38(36)40)46-31-47(44-30-35-14-2-4-16-37(35)39-18-6-8-20-41(39)44)55-52(54-46)33-26-24-32(25-27-33)49-51-50(42-21-9-10-22-45(42)53-49)56-48-23-11-12-28-57(48)51/h1-31,48,56H. The molecule has 2 aliphatic heterocycles. The number of benzene rings is 8. The van der Waals surface area contributed by atoms with Crippen LogP contribution in [0, 0.1) is 0 Å². The van der Waals surface area contributed by atoms with E-state index in [0.717, 1.165) is 72.4 Å². The number of hydrogen-bond donors (Lipinski definition) is 1. The molecule has 0 aliphatic carbocycles. The Labute approximate surface area is 328 Å². The molecule has 0 spiro atoms. The number of allylic oxidation sites excluding steroid dienone is 2. The Morgan fingerprint density at radius 2 is 0.982 bits per heavy atom. The Hall–Kier alpha value is -7.63. The number of para-hydroxylation sites is 1. The summed E-state index contributed by atoms with van der Waals surface area (Å²) in [6, 6.07) is 58.3. The Morgan fingerprint density at radius 1 is 0.456 bits per heavy atom. The average molecular weight is 728 g/mol. The van der Waals surface area contributed by atoms with Gasteiger partial charge in [0.2, 0.25) is 0 Å². The third-order valence-corrected chi connectivity index (χ3v) is 11.6. The van der Waals surface area contributed by atoms with Crippen LogP contribution in [0.4, 0.5) is 11.4 Å². The molecule has 57 heavy (non-hydrogen) atoms. The number of hydrogen-bond acceptors (Lipinski definition) is 5. The first-order valence-electron chi connectivity index (χ1n) is 19.4. The number of anilines is 2. The molecule has 5 nitrogen and oxygen atoms in total. The van der Waals surface area contributed by atoms with Gasteiger partial charge in [-0.3, -0.25) is 0 Å². The van der Waals surface area contributed by atoms with Gasteiger partial charge in [-0.15, -0.1) is 0 Å². The van der Waals surface area contributed by atoms with Crippen LogP contribution in [-0.4, -0.2) is 21.1 Å². The lowest BCUT2D eigenvalue weighted by Gasteiger charge is -2.23. The van der Waals surface area contributed by atoms with Gasteiger partial charge in [0.05, 0.1) is 34.0 Å². The topological polar surface area (TPSA) is 53.9 Å². The first kappa shape index (κ1) is 31.7. The van der Waals surface area contributed by atoms with Crippen LogP contribution in [0.5, 0.6) is 0 Å². The number of rotatable bonds is 4. The molecule has 266 valence electrons. The van der Waals surface area contributed by atoms with E-state index in [2.05, 4.69) is 198 Å². The van der Waals surface area contributed by atoms with Gasteiger partial charge in [-0.1, -0.05) is 146 Å². The highest BCUT2D eigenvalue weighted by atomic mass is 15.3. The monoisotopic (exact) mass is 727 g/mol. The zero-order valence-corrected chi connectivity index (χ0v) is 30.8. The average Bonchev–Trinajstić information content (AvgIpc) is 3.68. The fourth-order valence-electron chi connectivity index (χ4n) is 8.94. The lowest BCUT2D eigenvalue weighted by molar-refractivity contribution is 0.907. The van der Waals surface area contributed by atoms with Crippen molar-refractivity contribution in [3.63, 3.8) is 0 Å². The lowest BCUT2D eigenvalue weighted by atomic mass is 9.93. The molecule has 1 unspecified atom stereocenters. The Kier molecular flexibility index (Phi) is 6.92. The molecule has 1 N–H and O–H groups in total. The van der Waals surface area contributed by atoms with Crippen LogP contribution >= 0.6 is 0 Å². The third kappa shape index (κ3) is 4.99. The molecule has 2 aliphatic rings. The summed E-state index contributed by atoms with van der Waals surface area (Å²) >= 11 is 0. The summed E-state index contributed by atoms with van der Waals surface area (Å²) in [5.74, 6) is 0.672.